The molecule has 3 N–H and O–H groups in total. The monoisotopic (exact) mass is 254 g/mol. The van der Waals surface area contributed by atoms with Gasteiger partial charge in [-0.3, -0.25) is 9.59 Å². The highest BCUT2D eigenvalue weighted by molar-refractivity contribution is 5.85. The number of amides is 1. The van der Waals surface area contributed by atoms with Crippen molar-refractivity contribution in [2.75, 3.05) is 7.05 Å². The van der Waals surface area contributed by atoms with E-state index in [0.29, 0.717) is 0 Å². The molecule has 0 aromatic heterocycles. The van der Waals surface area contributed by atoms with Crippen molar-refractivity contribution in [3.8, 4) is 0 Å². The molecule has 0 aromatic carbocycles. The summed E-state index contributed by atoms with van der Waals surface area (Å²) in [5.41, 5.74) is -2.14. The van der Waals surface area contributed by atoms with E-state index in [1.54, 1.807) is 0 Å². The number of alkyl halides is 3. The van der Waals surface area contributed by atoms with Gasteiger partial charge in [-0.2, -0.15) is 13.2 Å². The number of rotatable bonds is 5. The van der Waals surface area contributed by atoms with E-state index in [2.05, 4.69) is 5.32 Å². The van der Waals surface area contributed by atoms with Crippen LogP contribution in [-0.4, -0.2) is 41.8 Å². The maximum absolute atomic E-state index is 12.5. The molecule has 98 valence electrons. The quantitative estimate of drug-likeness (QED) is 0.657. The Bertz CT molecular complexity index is 326. The average Bonchev–Trinajstić information content (AvgIpc) is 2.93. The molecule has 0 radical (unpaired) electrons. The number of carbonyl (C=O) groups is 2. The molecule has 0 aromatic rings. The van der Waals surface area contributed by atoms with Gasteiger partial charge in [-0.25, -0.2) is 0 Å². The molecule has 5 nitrogen and oxygen atoms in total. The predicted octanol–water partition coefficient (Wildman–Crippen LogP) is 0.260. The van der Waals surface area contributed by atoms with Crippen LogP contribution in [0.2, 0.25) is 0 Å². The zero-order valence-corrected chi connectivity index (χ0v) is 9.10. The van der Waals surface area contributed by atoms with Crippen LogP contribution >= 0.6 is 0 Å². The third kappa shape index (κ3) is 3.09. The van der Waals surface area contributed by atoms with Crippen LogP contribution in [0.1, 0.15) is 19.3 Å². The molecule has 1 aliphatic rings. The summed E-state index contributed by atoms with van der Waals surface area (Å²) < 4.78 is 37.5. The number of hydrogen-bond donors (Lipinski definition) is 3. The van der Waals surface area contributed by atoms with Crippen molar-refractivity contribution in [3.05, 3.63) is 0 Å². The second-order valence-corrected chi connectivity index (χ2v) is 4.01. The van der Waals surface area contributed by atoms with E-state index in [1.165, 1.54) is 7.05 Å². The second-order valence-electron chi connectivity index (χ2n) is 4.01. The van der Waals surface area contributed by atoms with Crippen LogP contribution in [-0.2, 0) is 9.59 Å². The van der Waals surface area contributed by atoms with Gasteiger partial charge in [0.1, 0.15) is 11.6 Å². The summed E-state index contributed by atoms with van der Waals surface area (Å²) in [7, 11) is 1.32. The first-order chi connectivity index (χ1) is 7.72. The largest absolute Gasteiger partial charge is 0.480 e. The number of hydrogen-bond acceptors (Lipinski definition) is 3. The summed E-state index contributed by atoms with van der Waals surface area (Å²) in [6.45, 7) is 0. The topological polar surface area (TPSA) is 78.4 Å². The molecule has 1 amide bonds. The third-order valence-electron chi connectivity index (χ3n) is 2.71. The van der Waals surface area contributed by atoms with Gasteiger partial charge in [0.2, 0.25) is 5.91 Å². The lowest BCUT2D eigenvalue weighted by Crippen LogP contribution is -2.50. The maximum Gasteiger partial charge on any atom is 0.411 e. The van der Waals surface area contributed by atoms with Gasteiger partial charge >= 0.3 is 12.1 Å². The van der Waals surface area contributed by atoms with Gasteiger partial charge in [-0.1, -0.05) is 0 Å². The van der Waals surface area contributed by atoms with Gasteiger partial charge in [0, 0.05) is 0 Å². The molecule has 0 heterocycles. The summed E-state index contributed by atoms with van der Waals surface area (Å²) in [5.74, 6) is -2.19. The van der Waals surface area contributed by atoms with Crippen molar-refractivity contribution in [3.63, 3.8) is 0 Å². The number of nitrogens with one attached hydrogen (secondary N) is 2. The standard InChI is InChI=1S/C9H13F3N2O3/c1-13-5(7(16)17)4-6(15)14-8(2-3-8)9(10,11)12/h5,13H,2-4H2,1H3,(H,14,15)(H,16,17)/t5-/m0/s1. The minimum absolute atomic E-state index is 0.153. The Morgan fingerprint density at radius 1 is 1.41 bits per heavy atom. The fraction of sp³-hybridized carbons (Fsp3) is 0.778. The fourth-order valence-corrected chi connectivity index (χ4v) is 1.42. The third-order valence-corrected chi connectivity index (χ3v) is 2.71. The van der Waals surface area contributed by atoms with E-state index in [-0.39, 0.29) is 12.8 Å². The van der Waals surface area contributed by atoms with Crippen molar-refractivity contribution < 1.29 is 27.9 Å². The van der Waals surface area contributed by atoms with Crippen LogP contribution in [0.15, 0.2) is 0 Å². The molecule has 0 saturated heterocycles. The molecule has 1 fully saturated rings. The Balaban J connectivity index is 2.54. The Hall–Kier alpha value is -1.31. The van der Waals surface area contributed by atoms with Gasteiger partial charge in [0.05, 0.1) is 6.42 Å². The van der Waals surface area contributed by atoms with E-state index in [9.17, 15) is 22.8 Å². The van der Waals surface area contributed by atoms with E-state index in [4.69, 9.17) is 5.11 Å². The minimum Gasteiger partial charge on any atom is -0.480 e. The molecule has 1 rings (SSSR count). The highest BCUT2D eigenvalue weighted by Gasteiger charge is 2.64. The van der Waals surface area contributed by atoms with Crippen LogP contribution in [0.5, 0.6) is 0 Å². The second kappa shape index (κ2) is 4.52. The maximum atomic E-state index is 12.5. The summed E-state index contributed by atoms with van der Waals surface area (Å²) in [6.07, 6.45) is -5.32. The van der Waals surface area contributed by atoms with Crippen LogP contribution in [0.3, 0.4) is 0 Å². The highest BCUT2D eigenvalue weighted by atomic mass is 19.4. The van der Waals surface area contributed by atoms with Crippen LogP contribution < -0.4 is 10.6 Å². The van der Waals surface area contributed by atoms with Crippen LogP contribution in [0.25, 0.3) is 0 Å². The van der Waals surface area contributed by atoms with E-state index in [1.807, 2.05) is 5.32 Å². The minimum atomic E-state index is -4.49. The number of likely N-dealkylation sites (N-methyl/N-ethyl adjacent to an activating group) is 1. The molecule has 0 unspecified atom stereocenters. The first kappa shape index (κ1) is 13.8. The first-order valence-corrected chi connectivity index (χ1v) is 5.00. The molecule has 0 bridgehead atoms. The predicted molar refractivity (Wildman–Crippen MR) is 51.3 cm³/mol. The highest BCUT2D eigenvalue weighted by Crippen LogP contribution is 2.48. The molecule has 1 saturated carbocycles. The lowest BCUT2D eigenvalue weighted by molar-refractivity contribution is -0.170. The van der Waals surface area contributed by atoms with E-state index < -0.39 is 36.1 Å². The molecule has 17 heavy (non-hydrogen) atoms. The van der Waals surface area contributed by atoms with Crippen LogP contribution in [0.4, 0.5) is 13.2 Å². The first-order valence-electron chi connectivity index (χ1n) is 5.00. The van der Waals surface area contributed by atoms with Gasteiger partial charge < -0.3 is 15.7 Å². The average molecular weight is 254 g/mol. The van der Waals surface area contributed by atoms with Crippen molar-refractivity contribution in [1.29, 1.82) is 0 Å². The number of carbonyl (C=O) groups excluding carboxylic acids is 1. The lowest BCUT2D eigenvalue weighted by Gasteiger charge is -2.21. The Labute approximate surface area is 95.4 Å². The zero-order valence-electron chi connectivity index (χ0n) is 9.10. The van der Waals surface area contributed by atoms with Crippen molar-refractivity contribution in [2.24, 2.45) is 0 Å². The normalized spacial score (nSPS) is 19.5. The van der Waals surface area contributed by atoms with Gasteiger partial charge in [0.15, 0.2) is 0 Å². The number of aliphatic carboxylic acids is 1. The number of carboxylic acids is 1. The molecule has 1 atom stereocenters. The van der Waals surface area contributed by atoms with E-state index >= 15 is 0 Å². The SMILES string of the molecule is CN[C@@H](CC(=O)NC1(C(F)(F)F)CC1)C(=O)O. The molecular weight excluding hydrogens is 241 g/mol. The summed E-state index contributed by atoms with van der Waals surface area (Å²) in [4.78, 5) is 21.9. The Morgan fingerprint density at radius 2 is 1.94 bits per heavy atom. The molecule has 1 aliphatic carbocycles. The molecule has 0 aliphatic heterocycles. The molecule has 0 spiro atoms. The lowest BCUT2D eigenvalue weighted by atomic mass is 10.1. The van der Waals surface area contributed by atoms with Crippen molar-refractivity contribution >= 4 is 11.9 Å². The number of halogens is 3. The summed E-state index contributed by atoms with van der Waals surface area (Å²) in [5, 5.41) is 12.8. The Morgan fingerprint density at radius 3 is 2.24 bits per heavy atom. The molecule has 8 heteroatoms. The zero-order chi connectivity index (χ0) is 13.3. The smallest absolute Gasteiger partial charge is 0.411 e. The van der Waals surface area contributed by atoms with Gasteiger partial charge in [-0.15, -0.1) is 0 Å². The van der Waals surface area contributed by atoms with Crippen molar-refractivity contribution in [2.45, 2.75) is 37.0 Å². The Kier molecular flexibility index (Phi) is 3.65. The fourth-order valence-electron chi connectivity index (χ4n) is 1.42. The summed E-state index contributed by atoms with van der Waals surface area (Å²) in [6, 6.07) is -1.18. The molecular formula is C9H13F3N2O3. The van der Waals surface area contributed by atoms with Crippen LogP contribution in [0, 0.1) is 0 Å². The van der Waals surface area contributed by atoms with E-state index in [0.717, 1.165) is 0 Å². The summed E-state index contributed by atoms with van der Waals surface area (Å²) >= 11 is 0. The van der Waals surface area contributed by atoms with Gasteiger partial charge in [0.25, 0.3) is 0 Å². The number of carboxylic acid groups (broad SMARTS) is 1. The van der Waals surface area contributed by atoms with Gasteiger partial charge in [-0.05, 0) is 19.9 Å². The van der Waals surface area contributed by atoms with Crippen molar-refractivity contribution in [1.82, 2.24) is 10.6 Å².